The normalized spacial score (nSPS) is 18.5. The van der Waals surface area contributed by atoms with Gasteiger partial charge in [-0.3, -0.25) is 14.5 Å². The van der Waals surface area contributed by atoms with Crippen molar-refractivity contribution in [1.82, 2.24) is 10.2 Å². The van der Waals surface area contributed by atoms with Gasteiger partial charge >= 0.3 is 0 Å². The molecule has 2 aromatic rings. The molecule has 29 heavy (non-hydrogen) atoms. The molecule has 0 saturated heterocycles. The van der Waals surface area contributed by atoms with Gasteiger partial charge in [-0.15, -0.1) is 0 Å². The van der Waals surface area contributed by atoms with Crippen LogP contribution in [0.1, 0.15) is 37.4 Å². The topological polar surface area (TPSA) is 74.1 Å². The van der Waals surface area contributed by atoms with Gasteiger partial charge in [-0.2, -0.15) is 4.99 Å². The number of carbonyl (C=O) groups excluding carboxylic acids is 2. The van der Waals surface area contributed by atoms with Gasteiger partial charge in [0.15, 0.2) is 5.17 Å². The molecule has 0 spiro atoms. The summed E-state index contributed by atoms with van der Waals surface area (Å²) in [6.07, 6.45) is 0.873. The summed E-state index contributed by atoms with van der Waals surface area (Å²) < 4.78 is 0. The molecule has 0 saturated carbocycles. The molecule has 0 bridgehead atoms. The molecule has 0 radical (unpaired) electrons. The second-order valence-corrected chi connectivity index (χ2v) is 7.98. The number of para-hydroxylation sites is 1. The van der Waals surface area contributed by atoms with Gasteiger partial charge < -0.3 is 5.32 Å². The van der Waals surface area contributed by atoms with Crippen LogP contribution in [0.4, 0.5) is 5.69 Å². The van der Waals surface area contributed by atoms with E-state index in [9.17, 15) is 9.59 Å². The van der Waals surface area contributed by atoms with Crippen LogP contribution >= 0.6 is 11.8 Å². The summed E-state index contributed by atoms with van der Waals surface area (Å²) >= 11 is 1.33. The number of carbonyl (C=O) groups is 2. The van der Waals surface area contributed by atoms with Crippen LogP contribution in [-0.4, -0.2) is 39.5 Å². The number of hydrogen-bond donors (Lipinski definition) is 1. The maximum absolute atomic E-state index is 12.8. The number of fused-ring (bicyclic) bond motifs is 3. The summed E-state index contributed by atoms with van der Waals surface area (Å²) in [5.41, 5.74) is 2.44. The van der Waals surface area contributed by atoms with Crippen molar-refractivity contribution in [2.75, 3.05) is 5.75 Å². The van der Waals surface area contributed by atoms with Gasteiger partial charge in [0.25, 0.3) is 5.91 Å². The van der Waals surface area contributed by atoms with E-state index in [1.165, 1.54) is 11.8 Å². The lowest BCUT2D eigenvalue weighted by Gasteiger charge is -2.31. The van der Waals surface area contributed by atoms with E-state index in [1.54, 1.807) is 0 Å². The van der Waals surface area contributed by atoms with E-state index in [0.29, 0.717) is 11.0 Å². The Labute approximate surface area is 174 Å². The Hall–Kier alpha value is -2.93. The molecule has 148 valence electrons. The van der Waals surface area contributed by atoms with Gasteiger partial charge in [0.1, 0.15) is 11.9 Å². The quantitative estimate of drug-likeness (QED) is 0.822. The smallest absolute Gasteiger partial charge is 0.275 e. The van der Waals surface area contributed by atoms with E-state index in [1.807, 2.05) is 73.3 Å². The summed E-state index contributed by atoms with van der Waals surface area (Å²) in [5.74, 6) is 0.552. The standard InChI is InChI=1S/C22H22N4O2S/c1-3-14(2)23-18(27)13-29-22-24-17-12-8-7-11-16(17)20-25-21(28)19(26(20)22)15-9-5-4-6-10-15/h4-12,14,19H,3,13H2,1-2H3,(H,23,27). The molecule has 1 N–H and O–H groups in total. The van der Waals surface area contributed by atoms with Gasteiger partial charge in [-0.25, -0.2) is 4.99 Å². The Bertz CT molecular complexity index is 1000. The second-order valence-electron chi connectivity index (χ2n) is 7.03. The minimum atomic E-state index is -0.566. The van der Waals surface area contributed by atoms with E-state index in [0.717, 1.165) is 23.2 Å². The maximum Gasteiger partial charge on any atom is 0.275 e. The van der Waals surface area contributed by atoms with Crippen molar-refractivity contribution >= 4 is 40.3 Å². The third-order valence-electron chi connectivity index (χ3n) is 4.97. The highest BCUT2D eigenvalue weighted by atomic mass is 32.2. The number of aliphatic imine (C=N–C) groups is 2. The fraction of sp³-hybridized carbons (Fsp3) is 0.273. The second kappa shape index (κ2) is 8.21. The molecule has 2 aromatic carbocycles. The van der Waals surface area contributed by atoms with Gasteiger partial charge in [0.2, 0.25) is 5.91 Å². The minimum absolute atomic E-state index is 0.0498. The number of hydrogen-bond acceptors (Lipinski definition) is 5. The molecule has 2 amide bonds. The fourth-order valence-corrected chi connectivity index (χ4v) is 4.18. The molecular formula is C22H22N4O2S. The van der Waals surface area contributed by atoms with Crippen molar-refractivity contribution in [2.24, 2.45) is 9.98 Å². The van der Waals surface area contributed by atoms with Crippen molar-refractivity contribution in [3.05, 3.63) is 65.7 Å². The van der Waals surface area contributed by atoms with E-state index in [4.69, 9.17) is 4.99 Å². The molecule has 2 unspecified atom stereocenters. The van der Waals surface area contributed by atoms with Crippen LogP contribution in [0.15, 0.2) is 64.6 Å². The van der Waals surface area contributed by atoms with Crippen LogP contribution in [-0.2, 0) is 9.59 Å². The lowest BCUT2D eigenvalue weighted by Crippen LogP contribution is -2.40. The highest BCUT2D eigenvalue weighted by molar-refractivity contribution is 8.14. The van der Waals surface area contributed by atoms with Crippen molar-refractivity contribution in [3.63, 3.8) is 0 Å². The van der Waals surface area contributed by atoms with Crippen LogP contribution < -0.4 is 5.32 Å². The fourth-order valence-electron chi connectivity index (χ4n) is 3.34. The lowest BCUT2D eigenvalue weighted by molar-refractivity contribution is -0.120. The van der Waals surface area contributed by atoms with E-state index < -0.39 is 6.04 Å². The molecule has 7 heteroatoms. The van der Waals surface area contributed by atoms with E-state index in [-0.39, 0.29) is 23.6 Å². The number of amides is 2. The summed E-state index contributed by atoms with van der Waals surface area (Å²) in [6.45, 7) is 4.01. The average molecular weight is 407 g/mol. The zero-order valence-electron chi connectivity index (χ0n) is 16.3. The molecular weight excluding hydrogens is 384 g/mol. The third kappa shape index (κ3) is 3.82. The summed E-state index contributed by atoms with van der Waals surface area (Å²) in [5, 5.41) is 3.58. The first-order valence-electron chi connectivity index (χ1n) is 9.65. The Kier molecular flexibility index (Phi) is 5.49. The predicted molar refractivity (Wildman–Crippen MR) is 116 cm³/mol. The molecule has 2 heterocycles. The Balaban J connectivity index is 1.67. The molecule has 0 aliphatic carbocycles. The first-order chi connectivity index (χ1) is 14.1. The molecule has 2 aliphatic rings. The van der Waals surface area contributed by atoms with Crippen molar-refractivity contribution < 1.29 is 9.59 Å². The molecule has 4 rings (SSSR count). The third-order valence-corrected chi connectivity index (χ3v) is 5.92. The summed E-state index contributed by atoms with van der Waals surface area (Å²) in [6, 6.07) is 16.7. The van der Waals surface area contributed by atoms with Crippen LogP contribution in [0.2, 0.25) is 0 Å². The number of nitrogens with zero attached hydrogens (tertiary/aromatic N) is 3. The zero-order valence-corrected chi connectivity index (χ0v) is 17.1. The highest BCUT2D eigenvalue weighted by Crippen LogP contribution is 2.39. The van der Waals surface area contributed by atoms with Gasteiger partial charge in [0.05, 0.1) is 11.4 Å². The Morgan fingerprint density at radius 3 is 2.62 bits per heavy atom. The SMILES string of the molecule is CCC(C)NC(=O)CSC1=Nc2ccccc2C2=NC(=O)C(c3ccccc3)N12. The predicted octanol–water partition coefficient (Wildman–Crippen LogP) is 3.67. The largest absolute Gasteiger partial charge is 0.353 e. The minimum Gasteiger partial charge on any atom is -0.353 e. The Morgan fingerprint density at radius 1 is 1.14 bits per heavy atom. The van der Waals surface area contributed by atoms with Gasteiger partial charge in [-0.05, 0) is 31.0 Å². The summed E-state index contributed by atoms with van der Waals surface area (Å²) in [4.78, 5) is 36.1. The number of benzene rings is 2. The first-order valence-corrected chi connectivity index (χ1v) is 10.6. The van der Waals surface area contributed by atoms with Crippen molar-refractivity contribution in [1.29, 1.82) is 0 Å². The lowest BCUT2D eigenvalue weighted by atomic mass is 10.0. The number of amidine groups is 2. The number of rotatable bonds is 5. The van der Waals surface area contributed by atoms with Gasteiger partial charge in [0, 0.05) is 11.6 Å². The van der Waals surface area contributed by atoms with E-state index in [2.05, 4.69) is 10.3 Å². The van der Waals surface area contributed by atoms with Crippen LogP contribution in [0, 0.1) is 0 Å². The van der Waals surface area contributed by atoms with E-state index >= 15 is 0 Å². The average Bonchev–Trinajstić information content (AvgIpc) is 3.09. The van der Waals surface area contributed by atoms with Crippen LogP contribution in [0.5, 0.6) is 0 Å². The maximum atomic E-state index is 12.8. The van der Waals surface area contributed by atoms with Gasteiger partial charge in [-0.1, -0.05) is 61.2 Å². The monoisotopic (exact) mass is 406 g/mol. The Morgan fingerprint density at radius 2 is 1.86 bits per heavy atom. The molecule has 2 atom stereocenters. The van der Waals surface area contributed by atoms with Crippen LogP contribution in [0.3, 0.4) is 0 Å². The molecule has 6 nitrogen and oxygen atoms in total. The first kappa shape index (κ1) is 19.4. The number of thioether (sulfide) groups is 1. The molecule has 2 aliphatic heterocycles. The van der Waals surface area contributed by atoms with Crippen molar-refractivity contribution in [3.8, 4) is 0 Å². The molecule has 0 fully saturated rings. The summed E-state index contributed by atoms with van der Waals surface area (Å²) in [7, 11) is 0. The van der Waals surface area contributed by atoms with Crippen LogP contribution in [0.25, 0.3) is 0 Å². The van der Waals surface area contributed by atoms with Crippen molar-refractivity contribution in [2.45, 2.75) is 32.4 Å². The zero-order chi connectivity index (χ0) is 20.4. The molecule has 0 aromatic heterocycles. The highest BCUT2D eigenvalue weighted by Gasteiger charge is 2.42. The number of nitrogens with one attached hydrogen (secondary N) is 1.